The molecule has 22 heavy (non-hydrogen) atoms. The highest BCUT2D eigenvalue weighted by Gasteiger charge is 2.15. The SMILES string of the molecule is CCCC(CO/C=C(/C(=O)OC)c1ccccc1)OC(C)=O. The lowest BCUT2D eigenvalue weighted by Gasteiger charge is -2.16. The van der Waals surface area contributed by atoms with Crippen LogP contribution in [0.4, 0.5) is 0 Å². The first kappa shape index (κ1) is 17.8. The predicted octanol–water partition coefficient (Wildman–Crippen LogP) is 2.95. The summed E-state index contributed by atoms with van der Waals surface area (Å²) in [6.07, 6.45) is 2.60. The van der Waals surface area contributed by atoms with Crippen LogP contribution in [0.1, 0.15) is 32.3 Å². The first-order valence-corrected chi connectivity index (χ1v) is 7.21. The molecule has 0 spiro atoms. The molecule has 0 N–H and O–H groups in total. The molecule has 5 nitrogen and oxygen atoms in total. The lowest BCUT2D eigenvalue weighted by Crippen LogP contribution is -2.21. The van der Waals surface area contributed by atoms with E-state index in [1.807, 2.05) is 25.1 Å². The Kier molecular flexibility index (Phi) is 7.75. The van der Waals surface area contributed by atoms with E-state index in [1.165, 1.54) is 20.3 Å². The van der Waals surface area contributed by atoms with Gasteiger partial charge in [0.2, 0.25) is 0 Å². The number of benzene rings is 1. The Bertz CT molecular complexity index is 507. The summed E-state index contributed by atoms with van der Waals surface area (Å²) in [5.41, 5.74) is 1.02. The quantitative estimate of drug-likeness (QED) is 0.420. The molecule has 1 rings (SSSR count). The van der Waals surface area contributed by atoms with Gasteiger partial charge in [-0.15, -0.1) is 0 Å². The molecule has 0 aliphatic carbocycles. The van der Waals surface area contributed by atoms with E-state index in [-0.39, 0.29) is 18.7 Å². The minimum atomic E-state index is -0.481. The molecule has 0 heterocycles. The number of rotatable bonds is 8. The van der Waals surface area contributed by atoms with Crippen molar-refractivity contribution in [2.24, 2.45) is 0 Å². The molecule has 0 radical (unpaired) electrons. The Balaban J connectivity index is 2.76. The summed E-state index contributed by atoms with van der Waals surface area (Å²) in [7, 11) is 1.32. The molecule has 0 saturated heterocycles. The maximum absolute atomic E-state index is 11.8. The highest BCUT2D eigenvalue weighted by atomic mass is 16.6. The van der Waals surface area contributed by atoms with E-state index < -0.39 is 5.97 Å². The average Bonchev–Trinajstić information content (AvgIpc) is 2.51. The summed E-state index contributed by atoms with van der Waals surface area (Å²) >= 11 is 0. The molecule has 120 valence electrons. The van der Waals surface area contributed by atoms with E-state index in [1.54, 1.807) is 12.1 Å². The van der Waals surface area contributed by atoms with Gasteiger partial charge in [-0.1, -0.05) is 43.7 Å². The molecule has 1 atom stereocenters. The number of carbonyl (C=O) groups is 2. The predicted molar refractivity (Wildman–Crippen MR) is 82.8 cm³/mol. The van der Waals surface area contributed by atoms with E-state index in [4.69, 9.17) is 14.2 Å². The fourth-order valence-electron chi connectivity index (χ4n) is 1.93. The number of hydrogen-bond acceptors (Lipinski definition) is 5. The van der Waals surface area contributed by atoms with Crippen molar-refractivity contribution in [3.63, 3.8) is 0 Å². The normalized spacial score (nSPS) is 12.4. The van der Waals surface area contributed by atoms with Crippen LogP contribution in [0.3, 0.4) is 0 Å². The Morgan fingerprint density at radius 3 is 2.45 bits per heavy atom. The number of carbonyl (C=O) groups excluding carboxylic acids is 2. The van der Waals surface area contributed by atoms with Gasteiger partial charge < -0.3 is 14.2 Å². The number of methoxy groups -OCH3 is 1. The highest BCUT2D eigenvalue weighted by Crippen LogP contribution is 2.16. The van der Waals surface area contributed by atoms with Crippen molar-refractivity contribution < 1.29 is 23.8 Å². The van der Waals surface area contributed by atoms with Gasteiger partial charge >= 0.3 is 11.9 Å². The third kappa shape index (κ3) is 5.99. The first-order valence-electron chi connectivity index (χ1n) is 7.21. The van der Waals surface area contributed by atoms with Crippen LogP contribution in [0.2, 0.25) is 0 Å². The standard InChI is InChI=1S/C17H22O5/c1-4-8-15(22-13(2)18)11-21-12-16(17(19)20-3)14-9-6-5-7-10-14/h5-7,9-10,12,15H,4,8,11H2,1-3H3/b16-12+. The van der Waals surface area contributed by atoms with Crippen LogP contribution in [-0.2, 0) is 23.8 Å². The molecule has 1 aromatic carbocycles. The molecule has 1 unspecified atom stereocenters. The number of esters is 2. The van der Waals surface area contributed by atoms with Gasteiger partial charge in [0.1, 0.15) is 18.3 Å². The maximum Gasteiger partial charge on any atom is 0.341 e. The lowest BCUT2D eigenvalue weighted by atomic mass is 10.1. The summed E-state index contributed by atoms with van der Waals surface area (Å²) in [6, 6.07) is 9.09. The molecule has 1 aromatic rings. The molecule has 5 heteroatoms. The Morgan fingerprint density at radius 1 is 1.23 bits per heavy atom. The third-order valence-electron chi connectivity index (χ3n) is 2.92. The van der Waals surface area contributed by atoms with Crippen LogP contribution in [0.25, 0.3) is 5.57 Å². The van der Waals surface area contributed by atoms with Crippen molar-refractivity contribution >= 4 is 17.5 Å². The van der Waals surface area contributed by atoms with Crippen LogP contribution in [0.15, 0.2) is 36.6 Å². The van der Waals surface area contributed by atoms with Gasteiger partial charge in [0.15, 0.2) is 0 Å². The van der Waals surface area contributed by atoms with E-state index in [9.17, 15) is 9.59 Å². The van der Waals surface area contributed by atoms with Gasteiger partial charge in [-0.3, -0.25) is 4.79 Å². The number of hydrogen-bond donors (Lipinski definition) is 0. The maximum atomic E-state index is 11.8. The van der Waals surface area contributed by atoms with Crippen LogP contribution in [0, 0.1) is 0 Å². The molecule has 0 fully saturated rings. The summed E-state index contributed by atoms with van der Waals surface area (Å²) in [5, 5.41) is 0. The van der Waals surface area contributed by atoms with Crippen molar-refractivity contribution in [2.45, 2.75) is 32.8 Å². The molecule has 0 bridgehead atoms. The Labute approximate surface area is 130 Å². The molecule has 0 aliphatic rings. The average molecular weight is 306 g/mol. The molecule has 0 aromatic heterocycles. The Morgan fingerprint density at radius 2 is 1.91 bits per heavy atom. The van der Waals surface area contributed by atoms with Crippen LogP contribution < -0.4 is 0 Å². The molecule has 0 saturated carbocycles. The van der Waals surface area contributed by atoms with E-state index >= 15 is 0 Å². The van der Waals surface area contributed by atoms with Crippen molar-refractivity contribution in [1.29, 1.82) is 0 Å². The third-order valence-corrected chi connectivity index (χ3v) is 2.92. The van der Waals surface area contributed by atoms with Gasteiger partial charge in [0, 0.05) is 6.92 Å². The summed E-state index contributed by atoms with van der Waals surface area (Å²) < 4.78 is 15.4. The zero-order valence-electron chi connectivity index (χ0n) is 13.2. The largest absolute Gasteiger partial charge is 0.496 e. The second kappa shape index (κ2) is 9.60. The van der Waals surface area contributed by atoms with Gasteiger partial charge in [0.05, 0.1) is 13.4 Å². The molecular formula is C17H22O5. The summed E-state index contributed by atoms with van der Waals surface area (Å²) in [5.74, 6) is -0.826. The summed E-state index contributed by atoms with van der Waals surface area (Å²) in [4.78, 5) is 22.9. The molecular weight excluding hydrogens is 284 g/mol. The lowest BCUT2D eigenvalue weighted by molar-refractivity contribution is -0.148. The van der Waals surface area contributed by atoms with Crippen LogP contribution in [-0.4, -0.2) is 31.8 Å². The smallest absolute Gasteiger partial charge is 0.341 e. The molecule has 0 amide bonds. The van der Waals surface area contributed by atoms with Crippen molar-refractivity contribution in [3.8, 4) is 0 Å². The highest BCUT2D eigenvalue weighted by molar-refractivity contribution is 6.16. The number of ether oxygens (including phenoxy) is 3. The van der Waals surface area contributed by atoms with Crippen LogP contribution >= 0.6 is 0 Å². The van der Waals surface area contributed by atoms with Crippen molar-refractivity contribution in [2.75, 3.05) is 13.7 Å². The van der Waals surface area contributed by atoms with Crippen molar-refractivity contribution in [1.82, 2.24) is 0 Å². The molecule has 0 aliphatic heterocycles. The van der Waals surface area contributed by atoms with E-state index in [0.717, 1.165) is 6.42 Å². The minimum Gasteiger partial charge on any atom is -0.496 e. The fourth-order valence-corrected chi connectivity index (χ4v) is 1.93. The minimum absolute atomic E-state index is 0.195. The zero-order chi connectivity index (χ0) is 16.4. The van der Waals surface area contributed by atoms with Gasteiger partial charge in [-0.2, -0.15) is 0 Å². The summed E-state index contributed by atoms with van der Waals surface area (Å²) in [6.45, 7) is 3.55. The van der Waals surface area contributed by atoms with Gasteiger partial charge in [-0.05, 0) is 12.0 Å². The second-order valence-corrected chi connectivity index (χ2v) is 4.74. The van der Waals surface area contributed by atoms with Gasteiger partial charge in [0.25, 0.3) is 0 Å². The Hall–Kier alpha value is -2.30. The monoisotopic (exact) mass is 306 g/mol. The first-order chi connectivity index (χ1) is 10.6. The topological polar surface area (TPSA) is 61.8 Å². The fraction of sp³-hybridized carbons (Fsp3) is 0.412. The van der Waals surface area contributed by atoms with Crippen LogP contribution in [0.5, 0.6) is 0 Å². The van der Waals surface area contributed by atoms with E-state index in [0.29, 0.717) is 17.6 Å². The van der Waals surface area contributed by atoms with Crippen molar-refractivity contribution in [3.05, 3.63) is 42.2 Å². The van der Waals surface area contributed by atoms with E-state index in [2.05, 4.69) is 0 Å². The zero-order valence-corrected chi connectivity index (χ0v) is 13.2. The van der Waals surface area contributed by atoms with Gasteiger partial charge in [-0.25, -0.2) is 4.79 Å². The second-order valence-electron chi connectivity index (χ2n) is 4.74.